The largest absolute Gasteiger partial charge is 0.465 e. The smallest absolute Gasteiger partial charge is 0.326 e. The minimum Gasteiger partial charge on any atom is -0.465 e. The van der Waals surface area contributed by atoms with E-state index in [0.29, 0.717) is 12.6 Å². The number of nitrogens with one attached hydrogen (secondary N) is 1. The zero-order valence-electron chi connectivity index (χ0n) is 13.9. The molecule has 122 valence electrons. The molecule has 0 bridgehead atoms. The summed E-state index contributed by atoms with van der Waals surface area (Å²) in [6, 6.07) is 0.509. The molecular formula is C16H31N3O2. The normalized spacial score (nSPS) is 24.3. The summed E-state index contributed by atoms with van der Waals surface area (Å²) < 4.78 is 5.29. The zero-order chi connectivity index (χ0) is 15.3. The summed E-state index contributed by atoms with van der Waals surface area (Å²) in [5.74, 6) is -0.0937. The Bertz CT molecular complexity index is 346. The molecule has 0 amide bonds. The fourth-order valence-corrected chi connectivity index (χ4v) is 2.91. The number of carbonyl (C=O) groups excluding carboxylic acids is 1. The molecule has 1 aliphatic heterocycles. The van der Waals surface area contributed by atoms with Gasteiger partial charge in [0, 0.05) is 25.7 Å². The van der Waals surface area contributed by atoms with Crippen LogP contribution in [0.2, 0.25) is 0 Å². The first-order valence-electron chi connectivity index (χ1n) is 8.39. The van der Waals surface area contributed by atoms with Gasteiger partial charge in [-0.15, -0.1) is 0 Å². The van der Waals surface area contributed by atoms with E-state index in [2.05, 4.69) is 22.2 Å². The van der Waals surface area contributed by atoms with Crippen molar-refractivity contribution < 1.29 is 9.53 Å². The van der Waals surface area contributed by atoms with Crippen molar-refractivity contribution in [2.45, 2.75) is 51.1 Å². The lowest BCUT2D eigenvalue weighted by atomic mass is 9.97. The molecule has 0 aromatic carbocycles. The van der Waals surface area contributed by atoms with Crippen LogP contribution in [0.4, 0.5) is 0 Å². The molecule has 5 nitrogen and oxygen atoms in total. The molecular weight excluding hydrogens is 266 g/mol. The maximum absolute atomic E-state index is 12.3. The predicted molar refractivity (Wildman–Crippen MR) is 84.4 cm³/mol. The molecule has 0 aromatic heterocycles. The summed E-state index contributed by atoms with van der Waals surface area (Å²) in [7, 11) is 2.18. The van der Waals surface area contributed by atoms with Gasteiger partial charge in [0.05, 0.1) is 6.61 Å². The van der Waals surface area contributed by atoms with Crippen LogP contribution in [0.1, 0.15) is 39.5 Å². The predicted octanol–water partition coefficient (Wildman–Crippen LogP) is 1.09. The Morgan fingerprint density at radius 2 is 2.05 bits per heavy atom. The van der Waals surface area contributed by atoms with E-state index >= 15 is 0 Å². The minimum atomic E-state index is -0.532. The van der Waals surface area contributed by atoms with Crippen LogP contribution < -0.4 is 5.32 Å². The molecule has 0 aromatic rings. The second-order valence-corrected chi connectivity index (χ2v) is 6.72. The first-order chi connectivity index (χ1) is 10.0. The number of carbonyl (C=O) groups is 1. The Kier molecular flexibility index (Phi) is 6.02. The van der Waals surface area contributed by atoms with Crippen LogP contribution >= 0.6 is 0 Å². The number of nitrogens with zero attached hydrogens (tertiary/aromatic N) is 2. The highest BCUT2D eigenvalue weighted by Crippen LogP contribution is 2.25. The molecule has 5 heteroatoms. The van der Waals surface area contributed by atoms with Crippen molar-refractivity contribution >= 4 is 5.97 Å². The van der Waals surface area contributed by atoms with Crippen molar-refractivity contribution in [1.82, 2.24) is 15.1 Å². The standard InChI is InChI=1S/C16H31N3O2/c1-4-21-15(20)16(2,17-14-6-7-14)8-11-19-10-5-9-18(3)12-13-19/h14,17H,4-13H2,1-3H3. The Morgan fingerprint density at radius 3 is 2.71 bits per heavy atom. The highest BCUT2D eigenvalue weighted by molar-refractivity contribution is 5.80. The fraction of sp³-hybridized carbons (Fsp3) is 0.938. The van der Waals surface area contributed by atoms with Gasteiger partial charge in [-0.05, 0) is 59.7 Å². The molecule has 2 rings (SSSR count). The number of hydrogen-bond donors (Lipinski definition) is 1. The van der Waals surface area contributed by atoms with E-state index in [1.807, 2.05) is 13.8 Å². The van der Waals surface area contributed by atoms with Crippen LogP contribution in [0.25, 0.3) is 0 Å². The van der Waals surface area contributed by atoms with Gasteiger partial charge in [-0.2, -0.15) is 0 Å². The van der Waals surface area contributed by atoms with Crippen LogP contribution in [0.3, 0.4) is 0 Å². The van der Waals surface area contributed by atoms with Crippen LogP contribution in [-0.2, 0) is 9.53 Å². The van der Waals surface area contributed by atoms with Gasteiger partial charge in [0.1, 0.15) is 5.54 Å². The second-order valence-electron chi connectivity index (χ2n) is 6.72. The van der Waals surface area contributed by atoms with Gasteiger partial charge >= 0.3 is 5.97 Å². The SMILES string of the molecule is CCOC(=O)C(C)(CCN1CCCN(C)CC1)NC1CC1. The molecule has 2 aliphatic rings. The Labute approximate surface area is 129 Å². The summed E-state index contributed by atoms with van der Waals surface area (Å²) in [5.41, 5.74) is -0.532. The van der Waals surface area contributed by atoms with Crippen LogP contribution in [0.5, 0.6) is 0 Å². The molecule has 1 unspecified atom stereocenters. The molecule has 1 N–H and O–H groups in total. The van der Waals surface area contributed by atoms with Gasteiger partial charge in [-0.3, -0.25) is 10.1 Å². The number of hydrogen-bond acceptors (Lipinski definition) is 5. The zero-order valence-corrected chi connectivity index (χ0v) is 13.9. The molecule has 1 atom stereocenters. The Hall–Kier alpha value is -0.650. The van der Waals surface area contributed by atoms with E-state index < -0.39 is 5.54 Å². The van der Waals surface area contributed by atoms with Crippen molar-refractivity contribution in [2.75, 3.05) is 46.4 Å². The lowest BCUT2D eigenvalue weighted by Crippen LogP contribution is -2.53. The average Bonchev–Trinajstić information content (AvgIpc) is 3.26. The maximum atomic E-state index is 12.3. The summed E-state index contributed by atoms with van der Waals surface area (Å²) in [5, 5.41) is 3.50. The fourth-order valence-electron chi connectivity index (χ4n) is 2.91. The van der Waals surface area contributed by atoms with E-state index in [4.69, 9.17) is 4.74 Å². The van der Waals surface area contributed by atoms with Crippen molar-refractivity contribution in [1.29, 1.82) is 0 Å². The summed E-state index contributed by atoms with van der Waals surface area (Å²) >= 11 is 0. The van der Waals surface area contributed by atoms with Gasteiger partial charge in [-0.25, -0.2) is 0 Å². The second kappa shape index (κ2) is 7.56. The molecule has 0 radical (unpaired) electrons. The van der Waals surface area contributed by atoms with Crippen molar-refractivity contribution in [2.24, 2.45) is 0 Å². The molecule has 1 saturated heterocycles. The van der Waals surface area contributed by atoms with Crippen LogP contribution in [0.15, 0.2) is 0 Å². The minimum absolute atomic E-state index is 0.0937. The van der Waals surface area contributed by atoms with E-state index in [9.17, 15) is 4.79 Å². The quantitative estimate of drug-likeness (QED) is 0.713. The Morgan fingerprint density at radius 1 is 1.29 bits per heavy atom. The number of esters is 1. The van der Waals surface area contributed by atoms with Crippen LogP contribution in [-0.4, -0.2) is 73.7 Å². The molecule has 1 aliphatic carbocycles. The third kappa shape index (κ3) is 5.24. The first kappa shape index (κ1) is 16.7. The molecule has 2 fully saturated rings. The van der Waals surface area contributed by atoms with Crippen LogP contribution in [0, 0.1) is 0 Å². The van der Waals surface area contributed by atoms with Crippen molar-refractivity contribution in [3.63, 3.8) is 0 Å². The number of likely N-dealkylation sites (N-methyl/N-ethyl adjacent to an activating group) is 1. The summed E-state index contributed by atoms with van der Waals surface area (Å²) in [6.07, 6.45) is 4.40. The lowest BCUT2D eigenvalue weighted by Gasteiger charge is -2.31. The number of ether oxygens (including phenoxy) is 1. The number of rotatable bonds is 7. The van der Waals surface area contributed by atoms with Gasteiger partial charge in [-0.1, -0.05) is 0 Å². The third-order valence-electron chi connectivity index (χ3n) is 4.57. The molecule has 21 heavy (non-hydrogen) atoms. The first-order valence-corrected chi connectivity index (χ1v) is 8.39. The van der Waals surface area contributed by atoms with E-state index in [1.54, 1.807) is 0 Å². The van der Waals surface area contributed by atoms with Crippen molar-refractivity contribution in [3.05, 3.63) is 0 Å². The van der Waals surface area contributed by atoms with Gasteiger partial charge in [0.2, 0.25) is 0 Å². The average molecular weight is 297 g/mol. The maximum Gasteiger partial charge on any atom is 0.326 e. The topological polar surface area (TPSA) is 44.8 Å². The van der Waals surface area contributed by atoms with Gasteiger partial charge < -0.3 is 14.5 Å². The Balaban J connectivity index is 1.86. The summed E-state index contributed by atoms with van der Waals surface area (Å²) in [4.78, 5) is 17.2. The lowest BCUT2D eigenvalue weighted by molar-refractivity contribution is -0.151. The highest BCUT2D eigenvalue weighted by atomic mass is 16.5. The van der Waals surface area contributed by atoms with E-state index in [1.165, 1.54) is 25.8 Å². The van der Waals surface area contributed by atoms with E-state index in [-0.39, 0.29) is 5.97 Å². The highest BCUT2D eigenvalue weighted by Gasteiger charge is 2.39. The summed E-state index contributed by atoms with van der Waals surface area (Å²) in [6.45, 7) is 9.81. The molecule has 0 spiro atoms. The monoisotopic (exact) mass is 297 g/mol. The third-order valence-corrected chi connectivity index (χ3v) is 4.57. The molecule has 1 saturated carbocycles. The molecule has 1 heterocycles. The van der Waals surface area contributed by atoms with Crippen molar-refractivity contribution in [3.8, 4) is 0 Å². The van der Waals surface area contributed by atoms with Gasteiger partial charge in [0.25, 0.3) is 0 Å². The van der Waals surface area contributed by atoms with Gasteiger partial charge in [0.15, 0.2) is 0 Å². The van der Waals surface area contributed by atoms with E-state index in [0.717, 1.165) is 32.6 Å².